The monoisotopic (exact) mass is 282 g/mol. The van der Waals surface area contributed by atoms with E-state index in [1.807, 2.05) is 13.0 Å². The van der Waals surface area contributed by atoms with Crippen LogP contribution in [-0.4, -0.2) is 20.9 Å². The zero-order valence-corrected chi connectivity index (χ0v) is 13.6. The molecule has 0 spiro atoms. The summed E-state index contributed by atoms with van der Waals surface area (Å²) in [6, 6.07) is 0. The number of carbonyl (C=O) groups excluding carboxylic acids is 1. The molecule has 0 saturated carbocycles. The maximum atomic E-state index is 12.4. The molecule has 0 saturated heterocycles. The van der Waals surface area contributed by atoms with E-state index in [0.29, 0.717) is 6.61 Å². The highest BCUT2D eigenvalue weighted by molar-refractivity contribution is 6.70. The fourth-order valence-corrected chi connectivity index (χ4v) is 3.35. The van der Waals surface area contributed by atoms with Gasteiger partial charge in [0.15, 0.2) is 0 Å². The number of hydrogen-bond acceptors (Lipinski definition) is 3. The molecule has 1 unspecified atom stereocenters. The van der Waals surface area contributed by atoms with Crippen LogP contribution in [-0.2, 0) is 14.0 Å². The first kappa shape index (κ1) is 16.0. The Bertz CT molecular complexity index is 368. The average Bonchev–Trinajstić information content (AvgIpc) is 2.68. The lowest BCUT2D eigenvalue weighted by molar-refractivity contribution is -0.154. The highest BCUT2D eigenvalue weighted by Crippen LogP contribution is 2.45. The van der Waals surface area contributed by atoms with Crippen molar-refractivity contribution in [1.82, 2.24) is 0 Å². The fourth-order valence-electron chi connectivity index (χ4n) is 2.41. The van der Waals surface area contributed by atoms with Crippen molar-refractivity contribution in [2.45, 2.75) is 52.2 Å². The van der Waals surface area contributed by atoms with Crippen LogP contribution in [0.2, 0.25) is 19.6 Å². The van der Waals surface area contributed by atoms with Crippen molar-refractivity contribution in [3.63, 3.8) is 0 Å². The van der Waals surface area contributed by atoms with Crippen LogP contribution in [0.15, 0.2) is 24.5 Å². The van der Waals surface area contributed by atoms with Gasteiger partial charge in [0.1, 0.15) is 5.41 Å². The third kappa shape index (κ3) is 3.96. The van der Waals surface area contributed by atoms with E-state index in [4.69, 9.17) is 9.16 Å². The van der Waals surface area contributed by atoms with Gasteiger partial charge in [-0.1, -0.05) is 6.08 Å². The van der Waals surface area contributed by atoms with Gasteiger partial charge in [-0.2, -0.15) is 0 Å². The number of hydrogen-bond donors (Lipinski definition) is 0. The normalized spacial score (nSPS) is 22.8. The minimum Gasteiger partial charge on any atom is -0.547 e. The van der Waals surface area contributed by atoms with Crippen molar-refractivity contribution in [3.05, 3.63) is 24.5 Å². The lowest BCUT2D eigenvalue weighted by atomic mass is 9.81. The second-order valence-corrected chi connectivity index (χ2v) is 10.4. The van der Waals surface area contributed by atoms with Crippen LogP contribution >= 0.6 is 0 Å². The summed E-state index contributed by atoms with van der Waals surface area (Å²) in [4.78, 5) is 12.4. The van der Waals surface area contributed by atoms with Crippen LogP contribution in [0.5, 0.6) is 0 Å². The minimum atomic E-state index is -1.72. The summed E-state index contributed by atoms with van der Waals surface area (Å²) in [5.74, 6) is 0.700. The molecule has 0 aromatic heterocycles. The van der Waals surface area contributed by atoms with Crippen LogP contribution < -0.4 is 0 Å². The van der Waals surface area contributed by atoms with E-state index in [1.54, 1.807) is 0 Å². The first-order valence-electron chi connectivity index (χ1n) is 7.03. The van der Waals surface area contributed by atoms with Crippen molar-refractivity contribution in [1.29, 1.82) is 0 Å². The smallest absolute Gasteiger partial charge is 0.319 e. The van der Waals surface area contributed by atoms with Gasteiger partial charge in [-0.05, 0) is 58.3 Å². The maximum Gasteiger partial charge on any atom is 0.319 e. The van der Waals surface area contributed by atoms with Gasteiger partial charge in [0.2, 0.25) is 8.32 Å². The second-order valence-electron chi connectivity index (χ2n) is 5.95. The summed E-state index contributed by atoms with van der Waals surface area (Å²) < 4.78 is 11.4. The standard InChI is InChI=1S/C15H26O3Si/c1-6-8-11-15(14(16)17-7-2)12-9-10-13(15)18-19(3,4)5/h6,10H,1,7-9,11-12H2,2-5H3. The third-order valence-electron chi connectivity index (χ3n) is 3.23. The van der Waals surface area contributed by atoms with Gasteiger partial charge in [0, 0.05) is 0 Å². The zero-order valence-electron chi connectivity index (χ0n) is 12.6. The summed E-state index contributed by atoms with van der Waals surface area (Å²) in [6.45, 7) is 12.4. The first-order valence-corrected chi connectivity index (χ1v) is 10.4. The van der Waals surface area contributed by atoms with Crippen molar-refractivity contribution in [3.8, 4) is 0 Å². The molecule has 0 aliphatic heterocycles. The Labute approximate surface area is 117 Å². The van der Waals surface area contributed by atoms with E-state index in [9.17, 15) is 4.79 Å². The highest BCUT2D eigenvalue weighted by Gasteiger charge is 2.47. The van der Waals surface area contributed by atoms with Crippen molar-refractivity contribution in [2.75, 3.05) is 6.61 Å². The molecule has 1 aliphatic carbocycles. The van der Waals surface area contributed by atoms with E-state index in [2.05, 4.69) is 32.3 Å². The molecule has 0 aromatic rings. The van der Waals surface area contributed by atoms with Crippen LogP contribution in [0.4, 0.5) is 0 Å². The average molecular weight is 282 g/mol. The molecule has 1 rings (SSSR count). The number of ether oxygens (including phenoxy) is 1. The molecule has 108 valence electrons. The van der Waals surface area contributed by atoms with Gasteiger partial charge in [0.05, 0.1) is 12.4 Å². The van der Waals surface area contributed by atoms with Gasteiger partial charge < -0.3 is 9.16 Å². The van der Waals surface area contributed by atoms with Crippen LogP contribution in [0.1, 0.15) is 32.6 Å². The summed E-state index contributed by atoms with van der Waals surface area (Å²) in [5, 5.41) is 0. The zero-order chi connectivity index (χ0) is 14.5. The molecule has 19 heavy (non-hydrogen) atoms. The van der Waals surface area contributed by atoms with E-state index < -0.39 is 13.7 Å². The number of rotatable bonds is 7. The summed E-state index contributed by atoms with van der Waals surface area (Å²) in [5.41, 5.74) is -0.579. The molecule has 1 aliphatic rings. The molecule has 0 N–H and O–H groups in total. The molecule has 1 atom stereocenters. The Morgan fingerprint density at radius 2 is 2.21 bits per heavy atom. The van der Waals surface area contributed by atoms with E-state index in [-0.39, 0.29) is 5.97 Å². The molecule has 0 amide bonds. The predicted octanol–water partition coefficient (Wildman–Crippen LogP) is 4.03. The lowest BCUT2D eigenvalue weighted by Crippen LogP contribution is -2.37. The van der Waals surface area contributed by atoms with Gasteiger partial charge in [0.25, 0.3) is 0 Å². The third-order valence-corrected chi connectivity index (χ3v) is 4.06. The molecule has 0 radical (unpaired) electrons. The molecule has 4 heteroatoms. The van der Waals surface area contributed by atoms with Gasteiger partial charge in [-0.15, -0.1) is 6.58 Å². The van der Waals surface area contributed by atoms with Crippen LogP contribution in [0.3, 0.4) is 0 Å². The summed E-state index contributed by atoms with van der Waals surface area (Å²) in [6.07, 6.45) is 7.12. The minimum absolute atomic E-state index is 0.140. The van der Waals surface area contributed by atoms with E-state index in [1.165, 1.54) is 0 Å². The molecule has 0 fully saturated rings. The van der Waals surface area contributed by atoms with Crippen molar-refractivity contribution < 1.29 is 14.0 Å². The Morgan fingerprint density at radius 3 is 2.74 bits per heavy atom. The Kier molecular flexibility index (Phi) is 5.41. The molecular weight excluding hydrogens is 256 g/mol. The second kappa shape index (κ2) is 6.42. The van der Waals surface area contributed by atoms with Gasteiger partial charge >= 0.3 is 5.97 Å². The van der Waals surface area contributed by atoms with E-state index in [0.717, 1.165) is 31.4 Å². The lowest BCUT2D eigenvalue weighted by Gasteiger charge is -2.33. The number of esters is 1. The quantitative estimate of drug-likeness (QED) is 0.402. The van der Waals surface area contributed by atoms with Gasteiger partial charge in [-0.3, -0.25) is 4.79 Å². The summed E-state index contributed by atoms with van der Waals surface area (Å²) in [7, 11) is -1.72. The topological polar surface area (TPSA) is 35.5 Å². The predicted molar refractivity (Wildman–Crippen MR) is 80.2 cm³/mol. The van der Waals surface area contributed by atoms with Crippen molar-refractivity contribution in [2.24, 2.45) is 5.41 Å². The Hall–Kier alpha value is -1.03. The van der Waals surface area contributed by atoms with Crippen LogP contribution in [0, 0.1) is 5.41 Å². The molecular formula is C15H26O3Si. The maximum absolute atomic E-state index is 12.4. The molecule has 3 nitrogen and oxygen atoms in total. The Balaban J connectivity index is 2.98. The molecule has 0 bridgehead atoms. The number of carbonyl (C=O) groups is 1. The summed E-state index contributed by atoms with van der Waals surface area (Å²) >= 11 is 0. The van der Waals surface area contributed by atoms with Crippen LogP contribution in [0.25, 0.3) is 0 Å². The fraction of sp³-hybridized carbons (Fsp3) is 0.667. The largest absolute Gasteiger partial charge is 0.547 e. The Morgan fingerprint density at radius 1 is 1.53 bits per heavy atom. The van der Waals surface area contributed by atoms with E-state index >= 15 is 0 Å². The molecule has 0 heterocycles. The first-order chi connectivity index (χ1) is 8.85. The highest BCUT2D eigenvalue weighted by atomic mass is 28.4. The molecule has 0 aromatic carbocycles. The van der Waals surface area contributed by atoms with Crippen molar-refractivity contribution >= 4 is 14.3 Å². The van der Waals surface area contributed by atoms with Gasteiger partial charge in [-0.25, -0.2) is 0 Å². The SMILES string of the molecule is C=CCCC1(C(=O)OCC)CCC=C1O[Si](C)(C)C. The number of allylic oxidation sites excluding steroid dienone is 2.